The summed E-state index contributed by atoms with van der Waals surface area (Å²) in [5.74, 6) is 0.713. The lowest BCUT2D eigenvalue weighted by Crippen LogP contribution is -2.32. The Labute approximate surface area is 156 Å². The van der Waals surface area contributed by atoms with Crippen LogP contribution < -0.4 is 5.43 Å². The number of non-ortho nitro benzene ring substituents is 1. The third-order valence-corrected chi connectivity index (χ3v) is 7.40. The van der Waals surface area contributed by atoms with Gasteiger partial charge in [-0.25, -0.2) is 4.98 Å². The minimum atomic E-state index is -0.390. The number of fused-ring (bicyclic) bond motifs is 2. The Morgan fingerprint density at radius 1 is 1.38 bits per heavy atom. The van der Waals surface area contributed by atoms with Gasteiger partial charge in [0.1, 0.15) is 0 Å². The average Bonchev–Trinajstić information content (AvgIpc) is 3.22. The molecule has 1 aromatic carbocycles. The highest BCUT2D eigenvalue weighted by molar-refractivity contribution is 7.14. The number of anilines is 1. The van der Waals surface area contributed by atoms with Gasteiger partial charge in [0.25, 0.3) is 5.69 Å². The molecule has 2 aromatic rings. The summed E-state index contributed by atoms with van der Waals surface area (Å²) < 4.78 is 0. The molecule has 4 rings (SSSR count). The lowest BCUT2D eigenvalue weighted by molar-refractivity contribution is -0.384. The van der Waals surface area contributed by atoms with Crippen molar-refractivity contribution in [2.75, 3.05) is 5.43 Å². The molecule has 7 heteroatoms. The summed E-state index contributed by atoms with van der Waals surface area (Å²) in [6, 6.07) is 6.54. The molecule has 0 spiro atoms. The highest BCUT2D eigenvalue weighted by Gasteiger charge is 2.59. The predicted molar refractivity (Wildman–Crippen MR) is 104 cm³/mol. The number of aromatic nitrogens is 1. The van der Waals surface area contributed by atoms with E-state index in [-0.39, 0.29) is 11.1 Å². The zero-order valence-electron chi connectivity index (χ0n) is 15.2. The molecule has 2 saturated carbocycles. The molecule has 6 nitrogen and oxygen atoms in total. The van der Waals surface area contributed by atoms with Crippen LogP contribution in [0.1, 0.15) is 40.0 Å². The smallest absolute Gasteiger partial charge is 0.258 e. The van der Waals surface area contributed by atoms with Crippen molar-refractivity contribution in [3.63, 3.8) is 0 Å². The lowest BCUT2D eigenvalue weighted by Gasteiger charge is -2.34. The van der Waals surface area contributed by atoms with Gasteiger partial charge < -0.3 is 0 Å². The maximum atomic E-state index is 10.9. The van der Waals surface area contributed by atoms with E-state index in [2.05, 4.69) is 31.2 Å². The largest absolute Gasteiger partial charge is 0.270 e. The third-order valence-electron chi connectivity index (χ3n) is 6.66. The summed E-state index contributed by atoms with van der Waals surface area (Å²) in [5.41, 5.74) is 6.35. The number of benzene rings is 1. The van der Waals surface area contributed by atoms with Crippen LogP contribution in [-0.2, 0) is 0 Å². The van der Waals surface area contributed by atoms with Crippen LogP contribution in [-0.4, -0.2) is 15.6 Å². The number of hydrogen-bond acceptors (Lipinski definition) is 6. The topological polar surface area (TPSA) is 80.4 Å². The molecular weight excluding hydrogens is 348 g/mol. The first-order valence-corrected chi connectivity index (χ1v) is 9.72. The number of nitro groups is 1. The minimum absolute atomic E-state index is 0.0717. The van der Waals surface area contributed by atoms with Crippen molar-refractivity contribution in [2.24, 2.45) is 21.8 Å². The Bertz CT molecular complexity index is 904. The Balaban J connectivity index is 1.53. The first-order chi connectivity index (χ1) is 12.3. The predicted octanol–water partition coefficient (Wildman–Crippen LogP) is 5.33. The van der Waals surface area contributed by atoms with Gasteiger partial charge in [-0.3, -0.25) is 15.5 Å². The second kappa shape index (κ2) is 5.87. The molecule has 26 heavy (non-hydrogen) atoms. The zero-order valence-corrected chi connectivity index (χ0v) is 16.0. The van der Waals surface area contributed by atoms with Crippen LogP contribution in [0.15, 0.2) is 34.7 Å². The van der Waals surface area contributed by atoms with Crippen LogP contribution >= 0.6 is 11.3 Å². The fourth-order valence-corrected chi connectivity index (χ4v) is 5.11. The van der Waals surface area contributed by atoms with Gasteiger partial charge in [-0.2, -0.15) is 5.10 Å². The number of hydrazone groups is 1. The normalized spacial score (nSPS) is 27.8. The van der Waals surface area contributed by atoms with Gasteiger partial charge in [-0.15, -0.1) is 11.3 Å². The van der Waals surface area contributed by atoms with Gasteiger partial charge in [0.15, 0.2) is 0 Å². The second-order valence-electron chi connectivity index (χ2n) is 8.01. The van der Waals surface area contributed by atoms with E-state index in [0.717, 1.165) is 17.7 Å². The Morgan fingerprint density at radius 3 is 2.85 bits per heavy atom. The van der Waals surface area contributed by atoms with Gasteiger partial charge >= 0.3 is 0 Å². The molecule has 0 radical (unpaired) electrons. The van der Waals surface area contributed by atoms with Gasteiger partial charge in [0, 0.05) is 34.2 Å². The van der Waals surface area contributed by atoms with E-state index in [1.54, 1.807) is 12.1 Å². The zero-order chi connectivity index (χ0) is 18.5. The van der Waals surface area contributed by atoms with Gasteiger partial charge in [0.05, 0.1) is 10.6 Å². The Morgan fingerprint density at radius 2 is 2.19 bits per heavy atom. The molecular formula is C19H22N4O2S. The summed E-state index contributed by atoms with van der Waals surface area (Å²) >= 11 is 1.46. The average molecular weight is 370 g/mol. The highest BCUT2D eigenvalue weighted by atomic mass is 32.1. The van der Waals surface area contributed by atoms with E-state index in [4.69, 9.17) is 5.10 Å². The van der Waals surface area contributed by atoms with E-state index < -0.39 is 4.92 Å². The molecule has 1 aromatic heterocycles. The number of hydrogen-bond donors (Lipinski definition) is 1. The number of rotatable bonds is 4. The van der Waals surface area contributed by atoms with E-state index in [0.29, 0.717) is 16.5 Å². The van der Waals surface area contributed by atoms with Crippen LogP contribution in [0, 0.1) is 26.9 Å². The summed E-state index contributed by atoms with van der Waals surface area (Å²) in [6.45, 7) is 7.05. The fourth-order valence-electron chi connectivity index (χ4n) is 4.45. The van der Waals surface area contributed by atoms with Gasteiger partial charge in [0.2, 0.25) is 5.13 Å². The molecule has 1 heterocycles. The van der Waals surface area contributed by atoms with Crippen molar-refractivity contribution < 1.29 is 4.92 Å². The first kappa shape index (κ1) is 17.1. The molecule has 136 valence electrons. The molecule has 0 amide bonds. The van der Waals surface area contributed by atoms with Crippen molar-refractivity contribution in [1.82, 2.24) is 4.98 Å². The SMILES string of the molecule is CC1(C)[C@@H]2CC[C@@]1(C)/C(=N/Nc1nc(-c3cccc([N+](=O)[O-])c3)cs1)C2. The van der Waals surface area contributed by atoms with E-state index in [9.17, 15) is 10.1 Å². The standard InChI is InChI=1S/C19H22N4O2S/c1-18(2)13-7-8-19(18,3)16(10-13)21-22-17-20-15(11-26-17)12-5-4-6-14(9-12)23(24)25/h4-6,9,11,13H,7-8,10H2,1-3H3,(H,20,22)/b21-16+/t13-,19+/m1/s1. The molecule has 1 N–H and O–H groups in total. The summed E-state index contributed by atoms with van der Waals surface area (Å²) in [4.78, 5) is 15.1. The van der Waals surface area contributed by atoms with Crippen molar-refractivity contribution in [1.29, 1.82) is 0 Å². The van der Waals surface area contributed by atoms with E-state index in [1.165, 1.54) is 36.0 Å². The second-order valence-corrected chi connectivity index (χ2v) is 8.87. The van der Waals surface area contributed by atoms with Crippen LogP contribution in [0.5, 0.6) is 0 Å². The Kier molecular flexibility index (Phi) is 3.87. The van der Waals surface area contributed by atoms with Crippen molar-refractivity contribution >= 4 is 27.9 Å². The van der Waals surface area contributed by atoms with Crippen molar-refractivity contribution in [3.8, 4) is 11.3 Å². The molecule has 2 bridgehead atoms. The summed E-state index contributed by atoms with van der Waals surface area (Å²) in [6.07, 6.45) is 3.54. The van der Waals surface area contributed by atoms with Crippen LogP contribution in [0.25, 0.3) is 11.3 Å². The van der Waals surface area contributed by atoms with Crippen LogP contribution in [0.4, 0.5) is 10.8 Å². The summed E-state index contributed by atoms with van der Waals surface area (Å²) in [7, 11) is 0. The highest BCUT2D eigenvalue weighted by Crippen LogP contribution is 2.63. The molecule has 0 unspecified atom stereocenters. The monoisotopic (exact) mass is 370 g/mol. The maximum absolute atomic E-state index is 10.9. The Hall–Kier alpha value is -2.28. The fraction of sp³-hybridized carbons (Fsp3) is 0.474. The number of nitrogens with zero attached hydrogens (tertiary/aromatic N) is 3. The molecule has 2 aliphatic carbocycles. The van der Waals surface area contributed by atoms with Gasteiger partial charge in [-0.1, -0.05) is 32.9 Å². The number of nitrogens with one attached hydrogen (secondary N) is 1. The molecule has 2 fully saturated rings. The van der Waals surface area contributed by atoms with Crippen molar-refractivity contribution in [3.05, 3.63) is 39.8 Å². The first-order valence-electron chi connectivity index (χ1n) is 8.85. The summed E-state index contributed by atoms with van der Waals surface area (Å²) in [5, 5.41) is 18.3. The minimum Gasteiger partial charge on any atom is -0.258 e. The van der Waals surface area contributed by atoms with Crippen molar-refractivity contribution in [2.45, 2.75) is 40.0 Å². The molecule has 0 saturated heterocycles. The van der Waals surface area contributed by atoms with E-state index >= 15 is 0 Å². The molecule has 2 atom stereocenters. The van der Waals surface area contributed by atoms with Gasteiger partial charge in [-0.05, 0) is 30.6 Å². The lowest BCUT2D eigenvalue weighted by atomic mass is 9.70. The number of nitro benzene ring substituents is 1. The maximum Gasteiger partial charge on any atom is 0.270 e. The van der Waals surface area contributed by atoms with Crippen LogP contribution in [0.3, 0.4) is 0 Å². The van der Waals surface area contributed by atoms with Crippen LogP contribution in [0.2, 0.25) is 0 Å². The van der Waals surface area contributed by atoms with E-state index in [1.807, 2.05) is 11.4 Å². The molecule has 0 aliphatic heterocycles. The third kappa shape index (κ3) is 2.53. The quantitative estimate of drug-likeness (QED) is 0.582. The molecule has 2 aliphatic rings. The number of thiazole rings is 1.